The predicted octanol–water partition coefficient (Wildman–Crippen LogP) is 5.06. The lowest BCUT2D eigenvalue weighted by Gasteiger charge is -2.23. The number of hydrogen-bond acceptors (Lipinski definition) is 3. The fraction of sp³-hybridized carbons (Fsp3) is 0.467. The summed E-state index contributed by atoms with van der Waals surface area (Å²) in [5.74, 6) is 1.26. The summed E-state index contributed by atoms with van der Waals surface area (Å²) in [4.78, 5) is 0. The topological polar surface area (TPSA) is 35.5 Å². The summed E-state index contributed by atoms with van der Waals surface area (Å²) < 4.78 is 37.3. The summed E-state index contributed by atoms with van der Waals surface area (Å²) in [6.07, 6.45) is 0. The van der Waals surface area contributed by atoms with E-state index < -0.39 is 13.2 Å². The Morgan fingerprint density at radius 2 is 1.90 bits per heavy atom. The molecule has 1 aliphatic rings. The number of hydrogen-bond donors (Lipinski definition) is 0. The van der Waals surface area contributed by atoms with Crippen LogP contribution in [-0.2, 0) is 13.8 Å². The van der Waals surface area contributed by atoms with Crippen LogP contribution in [0.1, 0.15) is 39.1 Å². The van der Waals surface area contributed by atoms with Gasteiger partial charge in [-0.2, -0.15) is 0 Å². The second-order valence-corrected chi connectivity index (χ2v) is 8.10. The molecule has 0 aromatic heterocycles. The summed E-state index contributed by atoms with van der Waals surface area (Å²) in [5, 5.41) is 0. The van der Waals surface area contributed by atoms with Crippen molar-refractivity contribution in [3.8, 4) is 0 Å². The second-order valence-electron chi connectivity index (χ2n) is 5.83. The van der Waals surface area contributed by atoms with Crippen molar-refractivity contribution < 1.29 is 18.2 Å². The third-order valence-electron chi connectivity index (χ3n) is 3.09. The third kappa shape index (κ3) is 2.97. The number of halogens is 1. The number of allylic oxidation sites excluding steroid dienone is 1. The number of ether oxygens (including phenoxy) is 1. The molecule has 20 heavy (non-hydrogen) atoms. The second kappa shape index (κ2) is 5.34. The van der Waals surface area contributed by atoms with Gasteiger partial charge in [-0.25, -0.2) is 4.39 Å². The highest BCUT2D eigenvalue weighted by Gasteiger charge is 2.44. The minimum Gasteiger partial charge on any atom is -0.479 e. The first-order chi connectivity index (χ1) is 9.26. The summed E-state index contributed by atoms with van der Waals surface area (Å²) >= 11 is 0. The van der Waals surface area contributed by atoms with Gasteiger partial charge in [-0.3, -0.25) is 4.57 Å². The molecule has 0 saturated heterocycles. The molecule has 0 unspecified atom stereocenters. The van der Waals surface area contributed by atoms with E-state index in [1.807, 2.05) is 20.8 Å². The highest BCUT2D eigenvalue weighted by Crippen LogP contribution is 2.68. The van der Waals surface area contributed by atoms with Crippen molar-refractivity contribution in [2.45, 2.75) is 33.5 Å². The van der Waals surface area contributed by atoms with Crippen LogP contribution < -0.4 is 0 Å². The van der Waals surface area contributed by atoms with Gasteiger partial charge < -0.3 is 9.26 Å². The van der Waals surface area contributed by atoms with Gasteiger partial charge >= 0.3 is 0 Å². The Balaban J connectivity index is 2.39. The zero-order valence-corrected chi connectivity index (χ0v) is 13.1. The quantitative estimate of drug-likeness (QED) is 0.732. The maximum absolute atomic E-state index is 13.0. The molecular formula is C15H20FO3P. The third-order valence-corrected chi connectivity index (χ3v) is 5.40. The first-order valence-corrected chi connectivity index (χ1v) is 8.42. The standard InChI is InChI=1S/C15H20FO3P/c1-5-18-20(17)10-13(15(2,3)4)19-14(20)11-6-8-12(16)9-7-11/h6-10,14H,5H2,1-4H3/t14-,20+/m0/s1. The van der Waals surface area contributed by atoms with Crippen molar-refractivity contribution >= 4 is 7.37 Å². The lowest BCUT2D eigenvalue weighted by Crippen LogP contribution is -2.11. The number of rotatable bonds is 3. The molecule has 3 nitrogen and oxygen atoms in total. The van der Waals surface area contributed by atoms with Crippen LogP contribution in [-0.4, -0.2) is 6.61 Å². The average molecular weight is 298 g/mol. The molecule has 0 saturated carbocycles. The maximum Gasteiger partial charge on any atom is 0.272 e. The Labute approximate surface area is 119 Å². The minimum absolute atomic E-state index is 0.248. The zero-order chi connectivity index (χ0) is 15.0. The van der Waals surface area contributed by atoms with Crippen molar-refractivity contribution in [2.24, 2.45) is 5.41 Å². The fourth-order valence-corrected chi connectivity index (χ4v) is 4.41. The highest BCUT2D eigenvalue weighted by atomic mass is 31.2. The van der Waals surface area contributed by atoms with Gasteiger partial charge in [0.2, 0.25) is 5.85 Å². The molecule has 1 aromatic carbocycles. The molecule has 1 aromatic rings. The van der Waals surface area contributed by atoms with Crippen LogP contribution in [0.3, 0.4) is 0 Å². The Hall–Kier alpha value is -1.12. The lowest BCUT2D eigenvalue weighted by molar-refractivity contribution is 0.128. The van der Waals surface area contributed by atoms with Gasteiger partial charge in [0, 0.05) is 16.8 Å². The van der Waals surface area contributed by atoms with Crippen LogP contribution in [0.4, 0.5) is 4.39 Å². The van der Waals surface area contributed by atoms with E-state index in [4.69, 9.17) is 9.26 Å². The molecule has 0 amide bonds. The van der Waals surface area contributed by atoms with Crippen molar-refractivity contribution in [2.75, 3.05) is 6.61 Å². The van der Waals surface area contributed by atoms with Gasteiger partial charge in [-0.05, 0) is 19.1 Å². The van der Waals surface area contributed by atoms with Gasteiger partial charge in [0.25, 0.3) is 7.37 Å². The van der Waals surface area contributed by atoms with E-state index in [9.17, 15) is 8.96 Å². The van der Waals surface area contributed by atoms with Crippen LogP contribution >= 0.6 is 7.37 Å². The Kier molecular flexibility index (Phi) is 4.08. The molecule has 0 radical (unpaired) electrons. The molecule has 0 aliphatic carbocycles. The molecule has 5 heteroatoms. The molecular weight excluding hydrogens is 278 g/mol. The molecule has 1 aliphatic heterocycles. The SMILES string of the molecule is CCO[P@]1(=O)C=C(C(C)(C)C)O[C@@H]1c1ccc(F)cc1. The average Bonchev–Trinajstić information content (AvgIpc) is 2.68. The molecule has 0 N–H and O–H groups in total. The van der Waals surface area contributed by atoms with Gasteiger partial charge in [-0.1, -0.05) is 32.9 Å². The Morgan fingerprint density at radius 1 is 1.30 bits per heavy atom. The smallest absolute Gasteiger partial charge is 0.272 e. The van der Waals surface area contributed by atoms with Crippen LogP contribution in [0.25, 0.3) is 0 Å². The van der Waals surface area contributed by atoms with E-state index in [1.54, 1.807) is 24.9 Å². The first-order valence-electron chi connectivity index (χ1n) is 6.65. The van der Waals surface area contributed by atoms with Crippen LogP contribution in [0.2, 0.25) is 0 Å². The molecule has 110 valence electrons. The van der Waals surface area contributed by atoms with E-state index in [2.05, 4.69) is 0 Å². The largest absolute Gasteiger partial charge is 0.479 e. The summed E-state index contributed by atoms with van der Waals surface area (Å²) in [5.41, 5.74) is 0.417. The normalized spacial score (nSPS) is 26.2. The zero-order valence-electron chi connectivity index (χ0n) is 12.2. The van der Waals surface area contributed by atoms with Crippen molar-refractivity contribution in [1.29, 1.82) is 0 Å². The first kappa shape index (κ1) is 15.3. The van der Waals surface area contributed by atoms with Gasteiger partial charge in [0.1, 0.15) is 11.6 Å². The Morgan fingerprint density at radius 3 is 2.40 bits per heavy atom. The van der Waals surface area contributed by atoms with E-state index in [-0.39, 0.29) is 11.2 Å². The van der Waals surface area contributed by atoms with E-state index in [0.29, 0.717) is 17.9 Å². The van der Waals surface area contributed by atoms with Gasteiger partial charge in [0.05, 0.1) is 6.61 Å². The molecule has 1 heterocycles. The predicted molar refractivity (Wildman–Crippen MR) is 77.0 cm³/mol. The molecule has 2 rings (SSSR count). The van der Waals surface area contributed by atoms with Crippen molar-refractivity contribution in [3.05, 3.63) is 47.2 Å². The minimum atomic E-state index is -3.08. The lowest BCUT2D eigenvalue weighted by atomic mass is 9.95. The summed E-state index contributed by atoms with van der Waals surface area (Å²) in [6.45, 7) is 8.10. The summed E-state index contributed by atoms with van der Waals surface area (Å²) in [6, 6.07) is 5.85. The summed E-state index contributed by atoms with van der Waals surface area (Å²) in [7, 11) is -3.08. The molecule has 0 bridgehead atoms. The van der Waals surface area contributed by atoms with Crippen LogP contribution in [0.5, 0.6) is 0 Å². The van der Waals surface area contributed by atoms with Crippen molar-refractivity contribution in [1.82, 2.24) is 0 Å². The van der Waals surface area contributed by atoms with E-state index in [0.717, 1.165) is 0 Å². The molecule has 2 atom stereocenters. The van der Waals surface area contributed by atoms with Crippen LogP contribution in [0.15, 0.2) is 35.8 Å². The molecule has 0 fully saturated rings. The number of benzene rings is 1. The van der Waals surface area contributed by atoms with E-state index >= 15 is 0 Å². The highest BCUT2D eigenvalue weighted by molar-refractivity contribution is 7.62. The maximum atomic E-state index is 13.0. The fourth-order valence-electron chi connectivity index (χ4n) is 2.04. The van der Waals surface area contributed by atoms with Crippen molar-refractivity contribution in [3.63, 3.8) is 0 Å². The monoisotopic (exact) mass is 298 g/mol. The van der Waals surface area contributed by atoms with E-state index in [1.165, 1.54) is 12.1 Å². The molecule has 0 spiro atoms. The van der Waals surface area contributed by atoms with Crippen LogP contribution in [0, 0.1) is 11.2 Å². The Bertz CT molecular complexity index is 557. The van der Waals surface area contributed by atoms with Gasteiger partial charge in [0.15, 0.2) is 0 Å². The van der Waals surface area contributed by atoms with Gasteiger partial charge in [-0.15, -0.1) is 0 Å².